The number of hydrogen-bond donors (Lipinski definition) is 0. The van der Waals surface area contributed by atoms with E-state index in [1.165, 1.54) is 5.69 Å². The van der Waals surface area contributed by atoms with Crippen LogP contribution < -0.4 is 10.4 Å². The van der Waals surface area contributed by atoms with E-state index in [2.05, 4.69) is 70.7 Å². The van der Waals surface area contributed by atoms with Gasteiger partial charge in [0, 0.05) is 18.8 Å². The molecule has 1 saturated heterocycles. The summed E-state index contributed by atoms with van der Waals surface area (Å²) in [6.07, 6.45) is 0. The van der Waals surface area contributed by atoms with Crippen LogP contribution in [0.15, 0.2) is 24.3 Å². The molecule has 0 saturated carbocycles. The fraction of sp³-hybridized carbons (Fsp3) is 0.625. The van der Waals surface area contributed by atoms with Gasteiger partial charge in [-0.3, -0.25) is 0 Å². The lowest BCUT2D eigenvalue weighted by atomic mass is 9.79. The lowest BCUT2D eigenvalue weighted by molar-refractivity contribution is 0.00578. The summed E-state index contributed by atoms with van der Waals surface area (Å²) in [7, 11) is -0.272. The summed E-state index contributed by atoms with van der Waals surface area (Å²) < 4.78 is 12.1. The Morgan fingerprint density at radius 1 is 0.900 bits per heavy atom. The third kappa shape index (κ3) is 2.72. The van der Waals surface area contributed by atoms with Gasteiger partial charge in [-0.15, -0.1) is 0 Å². The highest BCUT2D eigenvalue weighted by Gasteiger charge is 2.51. The maximum Gasteiger partial charge on any atom is 0.494 e. The van der Waals surface area contributed by atoms with Crippen molar-refractivity contribution < 1.29 is 9.31 Å². The van der Waals surface area contributed by atoms with Crippen LogP contribution in [0.4, 0.5) is 5.69 Å². The molecule has 1 heterocycles. The predicted molar refractivity (Wildman–Crippen MR) is 85.7 cm³/mol. The van der Waals surface area contributed by atoms with Crippen LogP contribution in [0.25, 0.3) is 0 Å². The van der Waals surface area contributed by atoms with Gasteiger partial charge in [0.1, 0.15) is 0 Å². The summed E-state index contributed by atoms with van der Waals surface area (Å²) in [5, 5.41) is 0. The lowest BCUT2D eigenvalue weighted by Crippen LogP contribution is -2.41. The minimum absolute atomic E-state index is 0.272. The lowest BCUT2D eigenvalue weighted by Gasteiger charge is -2.32. The monoisotopic (exact) mass is 275 g/mol. The predicted octanol–water partition coefficient (Wildman–Crippen LogP) is 2.83. The number of benzene rings is 1. The van der Waals surface area contributed by atoms with E-state index in [0.29, 0.717) is 0 Å². The molecule has 0 unspecified atom stereocenters. The maximum absolute atomic E-state index is 6.07. The van der Waals surface area contributed by atoms with Gasteiger partial charge in [-0.05, 0) is 59.1 Å². The molecular formula is C16H26BNO2. The van der Waals surface area contributed by atoms with E-state index in [9.17, 15) is 0 Å². The first kappa shape index (κ1) is 15.4. The number of hydrogen-bond acceptors (Lipinski definition) is 3. The van der Waals surface area contributed by atoms with Crippen molar-refractivity contribution in [1.82, 2.24) is 0 Å². The fourth-order valence-electron chi connectivity index (χ4n) is 2.41. The van der Waals surface area contributed by atoms with E-state index in [1.807, 2.05) is 0 Å². The van der Waals surface area contributed by atoms with Gasteiger partial charge in [-0.1, -0.05) is 12.1 Å². The fourth-order valence-corrected chi connectivity index (χ4v) is 2.41. The molecule has 1 aliphatic heterocycles. The highest BCUT2D eigenvalue weighted by atomic mass is 16.7. The average Bonchev–Trinajstić information content (AvgIpc) is 2.61. The van der Waals surface area contributed by atoms with Crippen molar-refractivity contribution in [1.29, 1.82) is 0 Å². The molecule has 1 aliphatic rings. The second-order valence-corrected chi connectivity index (χ2v) is 6.35. The summed E-state index contributed by atoms with van der Waals surface area (Å²) in [6.45, 7) is 14.7. The van der Waals surface area contributed by atoms with E-state index in [4.69, 9.17) is 9.31 Å². The van der Waals surface area contributed by atoms with E-state index in [-0.39, 0.29) is 18.3 Å². The molecule has 1 fully saturated rings. The van der Waals surface area contributed by atoms with Gasteiger partial charge in [0.15, 0.2) is 0 Å². The van der Waals surface area contributed by atoms with E-state index in [1.54, 1.807) is 0 Å². The molecule has 110 valence electrons. The molecule has 0 amide bonds. The van der Waals surface area contributed by atoms with Gasteiger partial charge < -0.3 is 14.2 Å². The smallest absolute Gasteiger partial charge is 0.399 e. The van der Waals surface area contributed by atoms with Gasteiger partial charge in [-0.2, -0.15) is 0 Å². The van der Waals surface area contributed by atoms with Crippen LogP contribution >= 0.6 is 0 Å². The van der Waals surface area contributed by atoms with Crippen LogP contribution in [0.1, 0.15) is 41.5 Å². The third-order valence-corrected chi connectivity index (χ3v) is 4.55. The Morgan fingerprint density at radius 2 is 1.35 bits per heavy atom. The largest absolute Gasteiger partial charge is 0.494 e. The maximum atomic E-state index is 6.07. The topological polar surface area (TPSA) is 21.7 Å². The van der Waals surface area contributed by atoms with Crippen molar-refractivity contribution in [2.75, 3.05) is 18.0 Å². The van der Waals surface area contributed by atoms with Crippen molar-refractivity contribution in [2.24, 2.45) is 0 Å². The molecule has 0 atom stereocenters. The SMILES string of the molecule is CCN(CC)c1ccc(B2OC(C)(C)C(C)(C)O2)cc1. The van der Waals surface area contributed by atoms with Gasteiger partial charge in [0.25, 0.3) is 0 Å². The van der Waals surface area contributed by atoms with Gasteiger partial charge >= 0.3 is 7.12 Å². The quantitative estimate of drug-likeness (QED) is 0.789. The van der Waals surface area contributed by atoms with Crippen molar-refractivity contribution in [3.63, 3.8) is 0 Å². The number of rotatable bonds is 4. The highest BCUT2D eigenvalue weighted by molar-refractivity contribution is 6.62. The van der Waals surface area contributed by atoms with Crippen LogP contribution in [-0.4, -0.2) is 31.4 Å². The first-order chi connectivity index (χ1) is 9.30. The molecule has 1 aromatic rings. The molecule has 3 nitrogen and oxygen atoms in total. The minimum atomic E-state index is -0.283. The molecule has 0 spiro atoms. The zero-order valence-corrected chi connectivity index (χ0v) is 13.6. The number of anilines is 1. The second-order valence-electron chi connectivity index (χ2n) is 6.35. The van der Waals surface area contributed by atoms with Crippen LogP contribution in [0, 0.1) is 0 Å². The molecule has 1 aromatic carbocycles. The molecular weight excluding hydrogens is 249 g/mol. The molecule has 0 N–H and O–H groups in total. The van der Waals surface area contributed by atoms with Gasteiger partial charge in [0.2, 0.25) is 0 Å². The van der Waals surface area contributed by atoms with Gasteiger partial charge in [-0.25, -0.2) is 0 Å². The molecule has 0 radical (unpaired) electrons. The number of nitrogens with zero attached hydrogens (tertiary/aromatic N) is 1. The normalized spacial score (nSPS) is 20.2. The Morgan fingerprint density at radius 3 is 1.75 bits per heavy atom. The molecule has 0 aliphatic carbocycles. The Hall–Kier alpha value is -0.995. The standard InChI is InChI=1S/C16H26BNO2/c1-7-18(8-2)14-11-9-13(10-12-14)17-19-15(3,4)16(5,6)20-17/h9-12H,7-8H2,1-6H3. The Bertz CT molecular complexity index is 436. The van der Waals surface area contributed by atoms with E-state index in [0.717, 1.165) is 18.6 Å². The zero-order chi connectivity index (χ0) is 15.0. The summed E-state index contributed by atoms with van der Waals surface area (Å²) in [5.74, 6) is 0. The molecule has 0 bridgehead atoms. The van der Waals surface area contributed by atoms with Gasteiger partial charge in [0.05, 0.1) is 11.2 Å². The summed E-state index contributed by atoms with van der Waals surface area (Å²) in [6, 6.07) is 8.51. The summed E-state index contributed by atoms with van der Waals surface area (Å²) >= 11 is 0. The van der Waals surface area contributed by atoms with Crippen LogP contribution in [0.5, 0.6) is 0 Å². The first-order valence-corrected chi connectivity index (χ1v) is 7.51. The summed E-state index contributed by atoms with van der Waals surface area (Å²) in [5.41, 5.74) is 1.76. The Labute approximate surface area is 123 Å². The highest BCUT2D eigenvalue weighted by Crippen LogP contribution is 2.36. The Kier molecular flexibility index (Phi) is 4.17. The van der Waals surface area contributed by atoms with Crippen LogP contribution in [-0.2, 0) is 9.31 Å². The molecule has 20 heavy (non-hydrogen) atoms. The first-order valence-electron chi connectivity index (χ1n) is 7.51. The average molecular weight is 275 g/mol. The minimum Gasteiger partial charge on any atom is -0.399 e. The van der Waals surface area contributed by atoms with Crippen molar-refractivity contribution in [3.05, 3.63) is 24.3 Å². The van der Waals surface area contributed by atoms with Crippen LogP contribution in [0.2, 0.25) is 0 Å². The summed E-state index contributed by atoms with van der Waals surface area (Å²) in [4.78, 5) is 2.33. The van der Waals surface area contributed by atoms with Crippen molar-refractivity contribution >= 4 is 18.3 Å². The molecule has 0 aromatic heterocycles. The Balaban J connectivity index is 2.16. The molecule has 4 heteroatoms. The van der Waals surface area contributed by atoms with E-state index < -0.39 is 0 Å². The third-order valence-electron chi connectivity index (χ3n) is 4.55. The molecule has 2 rings (SSSR count). The van der Waals surface area contributed by atoms with Crippen molar-refractivity contribution in [2.45, 2.75) is 52.7 Å². The van der Waals surface area contributed by atoms with Crippen molar-refractivity contribution in [3.8, 4) is 0 Å². The van der Waals surface area contributed by atoms with Crippen LogP contribution in [0.3, 0.4) is 0 Å². The zero-order valence-electron chi connectivity index (χ0n) is 13.6. The van der Waals surface area contributed by atoms with E-state index >= 15 is 0 Å². The second kappa shape index (κ2) is 5.42.